The Bertz CT molecular complexity index is 565. The van der Waals surface area contributed by atoms with Crippen LogP contribution in [0.5, 0.6) is 0 Å². The van der Waals surface area contributed by atoms with Crippen LogP contribution in [0.2, 0.25) is 0 Å². The van der Waals surface area contributed by atoms with Crippen LogP contribution in [0.25, 0.3) is 5.65 Å². The number of aliphatic imine (C=N–C) groups is 1. The average molecular weight is 402 g/mol. The second-order valence-electron chi connectivity index (χ2n) is 4.73. The second kappa shape index (κ2) is 9.54. The molecule has 0 aliphatic carbocycles. The van der Waals surface area contributed by atoms with Gasteiger partial charge in [-0.15, -0.1) is 24.0 Å². The molecule has 0 fully saturated rings. The number of halogens is 1. The van der Waals surface area contributed by atoms with Gasteiger partial charge in [0.1, 0.15) is 0 Å². The fourth-order valence-corrected chi connectivity index (χ4v) is 2.00. The van der Waals surface area contributed by atoms with Gasteiger partial charge in [-0.2, -0.15) is 5.10 Å². The quantitative estimate of drug-likeness (QED) is 0.323. The maximum atomic E-state index is 5.85. The van der Waals surface area contributed by atoms with E-state index < -0.39 is 0 Å². The van der Waals surface area contributed by atoms with Crippen molar-refractivity contribution in [3.05, 3.63) is 30.2 Å². The predicted octanol–water partition coefficient (Wildman–Crippen LogP) is 2.33. The summed E-state index contributed by atoms with van der Waals surface area (Å²) >= 11 is 0. The van der Waals surface area contributed by atoms with E-state index in [2.05, 4.69) is 27.3 Å². The summed E-state index contributed by atoms with van der Waals surface area (Å²) in [6.07, 6.45) is 8.36. The van der Waals surface area contributed by atoms with E-state index in [1.807, 2.05) is 12.1 Å². The van der Waals surface area contributed by atoms with E-state index in [0.29, 0.717) is 12.5 Å². The Morgan fingerprint density at radius 3 is 2.95 bits per heavy atom. The Kier molecular flexibility index (Phi) is 8.03. The van der Waals surface area contributed by atoms with E-state index in [4.69, 9.17) is 5.73 Å². The summed E-state index contributed by atoms with van der Waals surface area (Å²) in [5, 5.41) is 7.35. The van der Waals surface area contributed by atoms with Crippen LogP contribution in [0.4, 0.5) is 0 Å². The van der Waals surface area contributed by atoms with Crippen molar-refractivity contribution in [3.63, 3.8) is 0 Å². The molecule has 3 N–H and O–H groups in total. The summed E-state index contributed by atoms with van der Waals surface area (Å²) in [5.74, 6) is 0.485. The molecule has 0 saturated carbocycles. The summed E-state index contributed by atoms with van der Waals surface area (Å²) in [5.41, 5.74) is 7.64. The molecule has 0 spiro atoms. The molecule has 0 atom stereocenters. The van der Waals surface area contributed by atoms with Gasteiger partial charge in [-0.25, -0.2) is 14.5 Å². The second-order valence-corrected chi connectivity index (χ2v) is 4.73. The average Bonchev–Trinajstić information content (AvgIpc) is 2.94. The predicted molar refractivity (Wildman–Crippen MR) is 95.9 cm³/mol. The summed E-state index contributed by atoms with van der Waals surface area (Å²) in [4.78, 5) is 8.55. The van der Waals surface area contributed by atoms with E-state index in [0.717, 1.165) is 24.3 Å². The molecule has 0 aliphatic rings. The lowest BCUT2D eigenvalue weighted by atomic mass is 10.2. The zero-order chi connectivity index (χ0) is 14.2. The number of rotatable bonds is 7. The third kappa shape index (κ3) is 5.49. The van der Waals surface area contributed by atoms with Crippen molar-refractivity contribution in [2.75, 3.05) is 6.54 Å². The number of nitrogens with zero attached hydrogens (tertiary/aromatic N) is 4. The van der Waals surface area contributed by atoms with E-state index >= 15 is 0 Å². The van der Waals surface area contributed by atoms with Gasteiger partial charge in [-0.1, -0.05) is 26.2 Å². The minimum atomic E-state index is 0. The normalized spacial score (nSPS) is 11.4. The van der Waals surface area contributed by atoms with Crippen LogP contribution >= 0.6 is 24.0 Å². The van der Waals surface area contributed by atoms with Gasteiger partial charge in [0.05, 0.1) is 18.4 Å². The summed E-state index contributed by atoms with van der Waals surface area (Å²) in [6.45, 7) is 3.57. The highest BCUT2D eigenvalue weighted by Gasteiger charge is 2.01. The van der Waals surface area contributed by atoms with Gasteiger partial charge in [-0.05, 0) is 12.5 Å². The zero-order valence-corrected chi connectivity index (χ0v) is 14.7. The van der Waals surface area contributed by atoms with Crippen molar-refractivity contribution >= 4 is 35.6 Å². The summed E-state index contributed by atoms with van der Waals surface area (Å²) in [6, 6.07) is 3.76. The largest absolute Gasteiger partial charge is 0.370 e. The standard InChI is InChI=1S/C14H22N6.HI/c1-2-3-4-5-8-17-14(15)18-11-12-6-9-16-13-7-10-19-20(12)13;/h6-7,9-10H,2-5,8,11H2,1H3,(H3,15,17,18);1H. The van der Waals surface area contributed by atoms with Crippen LogP contribution in [0.15, 0.2) is 29.5 Å². The van der Waals surface area contributed by atoms with Crippen molar-refractivity contribution in [3.8, 4) is 0 Å². The van der Waals surface area contributed by atoms with Crippen LogP contribution in [0.1, 0.15) is 38.3 Å². The highest BCUT2D eigenvalue weighted by atomic mass is 127. The lowest BCUT2D eigenvalue weighted by Gasteiger charge is -2.06. The first-order valence-electron chi connectivity index (χ1n) is 7.12. The Morgan fingerprint density at radius 2 is 2.14 bits per heavy atom. The van der Waals surface area contributed by atoms with Crippen LogP contribution < -0.4 is 11.1 Å². The number of nitrogens with two attached hydrogens (primary N) is 1. The first kappa shape index (κ1) is 17.7. The molecule has 2 aromatic rings. The molecule has 2 aromatic heterocycles. The smallest absolute Gasteiger partial charge is 0.188 e. The molecule has 6 nitrogen and oxygen atoms in total. The molecule has 0 bridgehead atoms. The van der Waals surface area contributed by atoms with Gasteiger partial charge >= 0.3 is 0 Å². The van der Waals surface area contributed by atoms with Crippen molar-refractivity contribution in [2.45, 2.75) is 39.2 Å². The fraction of sp³-hybridized carbons (Fsp3) is 0.500. The monoisotopic (exact) mass is 402 g/mol. The van der Waals surface area contributed by atoms with Gasteiger partial charge in [0.2, 0.25) is 0 Å². The number of fused-ring (bicyclic) bond motifs is 1. The van der Waals surface area contributed by atoms with Gasteiger partial charge in [0.25, 0.3) is 0 Å². The van der Waals surface area contributed by atoms with Crippen molar-refractivity contribution in [2.24, 2.45) is 10.7 Å². The molecule has 7 heteroatoms. The highest BCUT2D eigenvalue weighted by molar-refractivity contribution is 14.0. The van der Waals surface area contributed by atoms with Gasteiger partial charge in [-0.3, -0.25) is 0 Å². The fourth-order valence-electron chi connectivity index (χ4n) is 2.00. The lowest BCUT2D eigenvalue weighted by Crippen LogP contribution is -2.32. The van der Waals surface area contributed by atoms with Gasteiger partial charge < -0.3 is 11.1 Å². The molecular weight excluding hydrogens is 379 g/mol. The molecule has 2 rings (SSSR count). The van der Waals surface area contributed by atoms with Gasteiger partial charge in [0.15, 0.2) is 11.6 Å². The first-order valence-corrected chi connectivity index (χ1v) is 7.12. The number of hydrogen-bond donors (Lipinski definition) is 2. The molecule has 0 amide bonds. The molecule has 116 valence electrons. The zero-order valence-electron chi connectivity index (χ0n) is 12.3. The van der Waals surface area contributed by atoms with Crippen molar-refractivity contribution in [1.29, 1.82) is 0 Å². The number of hydrogen-bond acceptors (Lipinski definition) is 3. The minimum Gasteiger partial charge on any atom is -0.370 e. The molecule has 0 aromatic carbocycles. The van der Waals surface area contributed by atoms with E-state index in [1.54, 1.807) is 16.9 Å². The molecule has 21 heavy (non-hydrogen) atoms. The van der Waals surface area contributed by atoms with E-state index in [-0.39, 0.29) is 24.0 Å². The third-order valence-electron chi connectivity index (χ3n) is 3.12. The Balaban J connectivity index is 0.00000220. The maximum absolute atomic E-state index is 5.85. The van der Waals surface area contributed by atoms with Crippen LogP contribution in [0.3, 0.4) is 0 Å². The lowest BCUT2D eigenvalue weighted by molar-refractivity contribution is 0.652. The Hall–Kier alpha value is -1.38. The third-order valence-corrected chi connectivity index (χ3v) is 3.12. The molecule has 0 aliphatic heterocycles. The Labute approximate surface area is 142 Å². The summed E-state index contributed by atoms with van der Waals surface area (Å²) < 4.78 is 1.78. The van der Waals surface area contributed by atoms with Crippen molar-refractivity contribution in [1.82, 2.24) is 19.9 Å². The first-order chi connectivity index (χ1) is 9.81. The Morgan fingerprint density at radius 1 is 1.29 bits per heavy atom. The molecule has 0 unspecified atom stereocenters. The van der Waals surface area contributed by atoms with Crippen LogP contribution in [-0.4, -0.2) is 27.1 Å². The topological polar surface area (TPSA) is 80.6 Å². The SMILES string of the molecule is CCCCCCNC(N)=NCc1ccnc2ccnn12.I. The molecule has 2 heterocycles. The van der Waals surface area contributed by atoms with Crippen LogP contribution in [0, 0.1) is 0 Å². The van der Waals surface area contributed by atoms with Crippen LogP contribution in [-0.2, 0) is 6.54 Å². The van der Waals surface area contributed by atoms with Gasteiger partial charge in [0, 0.05) is 18.8 Å². The molecular formula is C14H23IN6. The number of aromatic nitrogens is 3. The molecule has 0 radical (unpaired) electrons. The molecule has 0 saturated heterocycles. The number of guanidine groups is 1. The van der Waals surface area contributed by atoms with E-state index in [9.17, 15) is 0 Å². The number of nitrogens with one attached hydrogen (secondary N) is 1. The van der Waals surface area contributed by atoms with Crippen molar-refractivity contribution < 1.29 is 0 Å². The maximum Gasteiger partial charge on any atom is 0.188 e. The number of unbranched alkanes of at least 4 members (excludes halogenated alkanes) is 3. The minimum absolute atomic E-state index is 0. The summed E-state index contributed by atoms with van der Waals surface area (Å²) in [7, 11) is 0. The highest BCUT2D eigenvalue weighted by Crippen LogP contribution is 2.04. The van der Waals surface area contributed by atoms with E-state index in [1.165, 1.54) is 19.3 Å².